The zero-order valence-electron chi connectivity index (χ0n) is 9.60. The molecule has 0 radical (unpaired) electrons. The molecule has 0 aliphatic heterocycles. The van der Waals surface area contributed by atoms with Gasteiger partial charge in [0.2, 0.25) is 0 Å². The SMILES string of the molecule is CC(C)c1nc2cc(N)ccc2n1C.Cl.Cl. The van der Waals surface area contributed by atoms with Crippen molar-refractivity contribution in [2.24, 2.45) is 7.05 Å². The number of nitrogens with two attached hydrogens (primary N) is 1. The third-order valence-electron chi connectivity index (χ3n) is 2.46. The first-order valence-corrected chi connectivity index (χ1v) is 4.81. The Kier molecular flexibility index (Phi) is 5.10. The number of rotatable bonds is 1. The van der Waals surface area contributed by atoms with Crippen LogP contribution in [0.4, 0.5) is 5.69 Å². The lowest BCUT2D eigenvalue weighted by molar-refractivity contribution is 0.722. The summed E-state index contributed by atoms with van der Waals surface area (Å²) in [7, 11) is 2.04. The van der Waals surface area contributed by atoms with Gasteiger partial charge < -0.3 is 10.3 Å². The Balaban J connectivity index is 0.00000112. The summed E-state index contributed by atoms with van der Waals surface area (Å²) in [5, 5.41) is 0. The molecule has 1 heterocycles. The molecule has 2 aromatic rings. The number of imidazole rings is 1. The lowest BCUT2D eigenvalue weighted by Crippen LogP contribution is -1.99. The van der Waals surface area contributed by atoms with Crippen molar-refractivity contribution in [1.82, 2.24) is 9.55 Å². The van der Waals surface area contributed by atoms with Crippen molar-refractivity contribution in [1.29, 1.82) is 0 Å². The van der Waals surface area contributed by atoms with Crippen LogP contribution in [0.15, 0.2) is 18.2 Å². The van der Waals surface area contributed by atoms with E-state index < -0.39 is 0 Å². The molecule has 0 unspecified atom stereocenters. The third kappa shape index (κ3) is 2.42. The molecule has 0 bridgehead atoms. The Hall–Kier alpha value is -0.930. The van der Waals surface area contributed by atoms with E-state index in [0.717, 1.165) is 22.5 Å². The van der Waals surface area contributed by atoms with E-state index in [9.17, 15) is 0 Å². The number of anilines is 1. The van der Waals surface area contributed by atoms with E-state index in [0.29, 0.717) is 5.92 Å². The quantitative estimate of drug-likeness (QED) is 0.802. The fraction of sp³-hybridized carbons (Fsp3) is 0.364. The molecule has 1 aromatic heterocycles. The molecule has 2 N–H and O–H groups in total. The number of aromatic nitrogens is 2. The van der Waals surface area contributed by atoms with Gasteiger partial charge in [-0.3, -0.25) is 0 Å². The van der Waals surface area contributed by atoms with Crippen LogP contribution in [0.5, 0.6) is 0 Å². The molecule has 0 saturated carbocycles. The van der Waals surface area contributed by atoms with Gasteiger partial charge in [0.25, 0.3) is 0 Å². The molecule has 90 valence electrons. The second-order valence-corrected chi connectivity index (χ2v) is 3.93. The molecule has 3 nitrogen and oxygen atoms in total. The molecule has 0 aliphatic carbocycles. The number of halogens is 2. The van der Waals surface area contributed by atoms with Crippen LogP contribution in [0.3, 0.4) is 0 Å². The number of aryl methyl sites for hydroxylation is 1. The Morgan fingerprint density at radius 2 is 1.88 bits per heavy atom. The minimum absolute atomic E-state index is 0. The van der Waals surface area contributed by atoms with E-state index in [1.54, 1.807) is 0 Å². The van der Waals surface area contributed by atoms with Crippen molar-refractivity contribution in [3.05, 3.63) is 24.0 Å². The molecular formula is C11H17Cl2N3. The predicted octanol–water partition coefficient (Wildman–Crippen LogP) is 3.12. The van der Waals surface area contributed by atoms with Gasteiger partial charge in [-0.1, -0.05) is 13.8 Å². The van der Waals surface area contributed by atoms with E-state index in [-0.39, 0.29) is 24.8 Å². The van der Waals surface area contributed by atoms with Crippen LogP contribution in [-0.2, 0) is 7.05 Å². The minimum Gasteiger partial charge on any atom is -0.399 e. The molecule has 1 aromatic carbocycles. The fourth-order valence-electron chi connectivity index (χ4n) is 1.75. The molecule has 0 amide bonds. The van der Waals surface area contributed by atoms with Gasteiger partial charge in [-0.15, -0.1) is 24.8 Å². The lowest BCUT2D eigenvalue weighted by atomic mass is 10.2. The van der Waals surface area contributed by atoms with Crippen LogP contribution in [0.2, 0.25) is 0 Å². The molecular weight excluding hydrogens is 245 g/mol. The van der Waals surface area contributed by atoms with Gasteiger partial charge in [0, 0.05) is 18.7 Å². The largest absolute Gasteiger partial charge is 0.399 e. The van der Waals surface area contributed by atoms with Crippen LogP contribution in [0.1, 0.15) is 25.6 Å². The third-order valence-corrected chi connectivity index (χ3v) is 2.46. The summed E-state index contributed by atoms with van der Waals surface area (Å²) in [5.74, 6) is 1.54. The molecule has 5 heteroatoms. The second kappa shape index (κ2) is 5.41. The highest BCUT2D eigenvalue weighted by molar-refractivity contribution is 5.85. The van der Waals surface area contributed by atoms with E-state index in [1.807, 2.05) is 25.2 Å². The lowest BCUT2D eigenvalue weighted by Gasteiger charge is -2.04. The first-order chi connectivity index (χ1) is 6.59. The Morgan fingerprint density at radius 3 is 2.44 bits per heavy atom. The van der Waals surface area contributed by atoms with E-state index in [4.69, 9.17) is 5.73 Å². The number of hydrogen-bond acceptors (Lipinski definition) is 2. The van der Waals surface area contributed by atoms with Crippen molar-refractivity contribution < 1.29 is 0 Å². The van der Waals surface area contributed by atoms with E-state index in [1.165, 1.54) is 0 Å². The van der Waals surface area contributed by atoms with Crippen LogP contribution >= 0.6 is 24.8 Å². The highest BCUT2D eigenvalue weighted by Crippen LogP contribution is 2.21. The molecule has 0 fully saturated rings. The average molecular weight is 262 g/mol. The molecule has 16 heavy (non-hydrogen) atoms. The van der Waals surface area contributed by atoms with Gasteiger partial charge >= 0.3 is 0 Å². The maximum atomic E-state index is 5.71. The van der Waals surface area contributed by atoms with Crippen molar-refractivity contribution >= 4 is 41.5 Å². The molecule has 0 aliphatic rings. The van der Waals surface area contributed by atoms with Crippen LogP contribution < -0.4 is 5.73 Å². The van der Waals surface area contributed by atoms with Gasteiger partial charge in [0.05, 0.1) is 11.0 Å². The van der Waals surface area contributed by atoms with Crippen molar-refractivity contribution in [2.45, 2.75) is 19.8 Å². The van der Waals surface area contributed by atoms with Crippen LogP contribution in [0, 0.1) is 0 Å². The standard InChI is InChI=1S/C11H15N3.2ClH/c1-7(2)11-13-9-6-8(12)4-5-10(9)14(11)3;;/h4-7H,12H2,1-3H3;2*1H. The Labute approximate surface area is 108 Å². The second-order valence-electron chi connectivity index (χ2n) is 3.93. The highest BCUT2D eigenvalue weighted by Gasteiger charge is 2.10. The van der Waals surface area contributed by atoms with Gasteiger partial charge in [0.1, 0.15) is 5.82 Å². The average Bonchev–Trinajstić information content (AvgIpc) is 2.43. The maximum Gasteiger partial charge on any atom is 0.112 e. The van der Waals surface area contributed by atoms with Gasteiger partial charge in [0.15, 0.2) is 0 Å². The molecule has 0 spiro atoms. The number of benzene rings is 1. The maximum absolute atomic E-state index is 5.71. The molecule has 2 rings (SSSR count). The van der Waals surface area contributed by atoms with Gasteiger partial charge in [-0.2, -0.15) is 0 Å². The summed E-state index contributed by atoms with van der Waals surface area (Å²) >= 11 is 0. The summed E-state index contributed by atoms with van der Waals surface area (Å²) in [6.07, 6.45) is 0. The number of nitrogen functional groups attached to an aromatic ring is 1. The first kappa shape index (κ1) is 15.1. The monoisotopic (exact) mass is 261 g/mol. The summed E-state index contributed by atoms with van der Waals surface area (Å²) < 4.78 is 2.12. The van der Waals surface area contributed by atoms with E-state index in [2.05, 4.69) is 23.4 Å². The summed E-state index contributed by atoms with van der Waals surface area (Å²) in [5.41, 5.74) is 8.60. The van der Waals surface area contributed by atoms with Gasteiger partial charge in [-0.25, -0.2) is 4.98 Å². The van der Waals surface area contributed by atoms with Crippen molar-refractivity contribution in [2.75, 3.05) is 5.73 Å². The highest BCUT2D eigenvalue weighted by atomic mass is 35.5. The van der Waals surface area contributed by atoms with Crippen LogP contribution in [-0.4, -0.2) is 9.55 Å². The molecule has 0 saturated heterocycles. The van der Waals surface area contributed by atoms with Crippen molar-refractivity contribution in [3.8, 4) is 0 Å². The first-order valence-electron chi connectivity index (χ1n) is 4.81. The Bertz CT molecular complexity index is 477. The zero-order chi connectivity index (χ0) is 10.3. The van der Waals surface area contributed by atoms with E-state index >= 15 is 0 Å². The molecule has 0 atom stereocenters. The topological polar surface area (TPSA) is 43.8 Å². The normalized spacial score (nSPS) is 10.0. The predicted molar refractivity (Wildman–Crippen MR) is 73.7 cm³/mol. The minimum atomic E-state index is 0. The fourth-order valence-corrected chi connectivity index (χ4v) is 1.75. The summed E-state index contributed by atoms with van der Waals surface area (Å²) in [6, 6.07) is 5.85. The summed E-state index contributed by atoms with van der Waals surface area (Å²) in [4.78, 5) is 4.56. The summed E-state index contributed by atoms with van der Waals surface area (Å²) in [6.45, 7) is 4.29. The number of fused-ring (bicyclic) bond motifs is 1. The van der Waals surface area contributed by atoms with Gasteiger partial charge in [-0.05, 0) is 18.2 Å². The van der Waals surface area contributed by atoms with Crippen LogP contribution in [0.25, 0.3) is 11.0 Å². The van der Waals surface area contributed by atoms with Crippen molar-refractivity contribution in [3.63, 3.8) is 0 Å². The number of nitrogens with zero attached hydrogens (tertiary/aromatic N) is 2. The smallest absolute Gasteiger partial charge is 0.112 e. The number of hydrogen-bond donors (Lipinski definition) is 1. The Morgan fingerprint density at radius 1 is 1.25 bits per heavy atom. The zero-order valence-corrected chi connectivity index (χ0v) is 11.2.